The molecule has 3 aromatic carbocycles. The largest absolute Gasteiger partial charge is 0.457 e. The third kappa shape index (κ3) is 5.46. The number of nitrogens with zero attached hydrogens (tertiary/aromatic N) is 3. The fourth-order valence-corrected chi connectivity index (χ4v) is 4.89. The van der Waals surface area contributed by atoms with Gasteiger partial charge in [-0.15, -0.1) is 0 Å². The van der Waals surface area contributed by atoms with Gasteiger partial charge < -0.3 is 9.64 Å². The van der Waals surface area contributed by atoms with E-state index in [1.807, 2.05) is 53.4 Å². The lowest BCUT2D eigenvalue weighted by atomic mass is 10.1. The number of likely N-dealkylation sites (N-methyl/N-ethyl adjacent to an activating group) is 1. The molecule has 0 fully saturated rings. The molecule has 1 amide bonds. The molecular weight excluding hydrogens is 442 g/mol. The van der Waals surface area contributed by atoms with Gasteiger partial charge in [0, 0.05) is 18.7 Å². The first-order chi connectivity index (χ1) is 16.5. The number of hydrogen-bond acceptors (Lipinski definition) is 5. The molecule has 0 radical (unpaired) electrons. The monoisotopic (exact) mass is 473 g/mol. The summed E-state index contributed by atoms with van der Waals surface area (Å²) in [5, 5.41) is 0.728. The molecule has 0 spiro atoms. The first kappa shape index (κ1) is 23.9. The fraction of sp³-hybridized carbons (Fsp3) is 0.286. The summed E-state index contributed by atoms with van der Waals surface area (Å²) in [6.45, 7) is 11.7. The number of thiazole rings is 1. The summed E-state index contributed by atoms with van der Waals surface area (Å²) < 4.78 is 7.07. The van der Waals surface area contributed by atoms with Crippen LogP contribution in [0.4, 0.5) is 5.13 Å². The van der Waals surface area contributed by atoms with Gasteiger partial charge >= 0.3 is 0 Å². The van der Waals surface area contributed by atoms with Gasteiger partial charge in [-0.1, -0.05) is 49.4 Å². The minimum absolute atomic E-state index is 0.0711. The van der Waals surface area contributed by atoms with Gasteiger partial charge in [-0.2, -0.15) is 0 Å². The SMILES string of the molecule is CCN(CC)CCN(C(=O)c1cccc(Oc2ccccc2)c1)c1nc2cc(C)c(C)cc2s1. The summed E-state index contributed by atoms with van der Waals surface area (Å²) in [7, 11) is 0. The number of aromatic nitrogens is 1. The summed E-state index contributed by atoms with van der Waals surface area (Å²) in [4.78, 5) is 22.8. The van der Waals surface area contributed by atoms with Crippen LogP contribution in [0.3, 0.4) is 0 Å². The molecule has 0 bridgehead atoms. The lowest BCUT2D eigenvalue weighted by molar-refractivity contribution is 0.0983. The van der Waals surface area contributed by atoms with Crippen molar-refractivity contribution in [1.29, 1.82) is 0 Å². The van der Waals surface area contributed by atoms with Crippen molar-refractivity contribution in [2.45, 2.75) is 27.7 Å². The molecule has 0 unspecified atom stereocenters. The lowest BCUT2D eigenvalue weighted by Crippen LogP contribution is -2.38. The van der Waals surface area contributed by atoms with Crippen LogP contribution in [0.2, 0.25) is 0 Å². The maximum Gasteiger partial charge on any atom is 0.260 e. The molecule has 4 rings (SSSR count). The molecule has 5 nitrogen and oxygen atoms in total. The van der Waals surface area contributed by atoms with Crippen molar-refractivity contribution in [2.24, 2.45) is 0 Å². The second-order valence-electron chi connectivity index (χ2n) is 8.33. The van der Waals surface area contributed by atoms with Gasteiger partial charge in [-0.25, -0.2) is 4.98 Å². The van der Waals surface area contributed by atoms with Crippen molar-refractivity contribution in [2.75, 3.05) is 31.1 Å². The van der Waals surface area contributed by atoms with Gasteiger partial charge in [0.1, 0.15) is 11.5 Å². The van der Waals surface area contributed by atoms with E-state index in [1.54, 1.807) is 17.4 Å². The Hall–Kier alpha value is -3.22. The van der Waals surface area contributed by atoms with E-state index in [0.717, 1.165) is 40.7 Å². The minimum Gasteiger partial charge on any atom is -0.457 e. The number of carbonyl (C=O) groups excluding carboxylic acids is 1. The molecule has 1 aromatic heterocycles. The standard InChI is InChI=1S/C28H31N3O2S/c1-5-30(6-2)15-16-31(28-29-25-17-20(3)21(4)18-26(25)34-28)27(32)22-11-10-14-24(19-22)33-23-12-8-7-9-13-23/h7-14,17-19H,5-6,15-16H2,1-4H3. The highest BCUT2D eigenvalue weighted by atomic mass is 32.1. The zero-order chi connectivity index (χ0) is 24.1. The maximum absolute atomic E-state index is 13.8. The lowest BCUT2D eigenvalue weighted by Gasteiger charge is -2.25. The Balaban J connectivity index is 1.66. The zero-order valence-corrected chi connectivity index (χ0v) is 21.1. The molecule has 0 saturated heterocycles. The molecule has 4 aromatic rings. The average Bonchev–Trinajstić information content (AvgIpc) is 3.25. The fourth-order valence-electron chi connectivity index (χ4n) is 3.82. The van der Waals surface area contributed by atoms with Crippen molar-refractivity contribution in [1.82, 2.24) is 9.88 Å². The molecule has 0 aliphatic rings. The maximum atomic E-state index is 13.8. The summed E-state index contributed by atoms with van der Waals surface area (Å²) in [5.41, 5.74) is 3.95. The van der Waals surface area contributed by atoms with Crippen LogP contribution in [0.1, 0.15) is 35.3 Å². The molecule has 0 aliphatic carbocycles. The number of amides is 1. The van der Waals surface area contributed by atoms with Gasteiger partial charge in [0.15, 0.2) is 5.13 Å². The highest BCUT2D eigenvalue weighted by Crippen LogP contribution is 2.32. The molecule has 1 heterocycles. The number of aryl methyl sites for hydroxylation is 2. The second-order valence-corrected chi connectivity index (χ2v) is 9.34. The van der Waals surface area contributed by atoms with E-state index < -0.39 is 0 Å². The van der Waals surface area contributed by atoms with Crippen LogP contribution >= 0.6 is 11.3 Å². The second kappa shape index (κ2) is 10.8. The van der Waals surface area contributed by atoms with Crippen LogP contribution in [0.5, 0.6) is 11.5 Å². The van der Waals surface area contributed by atoms with Crippen LogP contribution in [-0.2, 0) is 0 Å². The number of benzene rings is 3. The highest BCUT2D eigenvalue weighted by Gasteiger charge is 2.22. The van der Waals surface area contributed by atoms with Crippen LogP contribution < -0.4 is 9.64 Å². The number of rotatable bonds is 9. The summed E-state index contributed by atoms with van der Waals surface area (Å²) >= 11 is 1.57. The number of fused-ring (bicyclic) bond motifs is 1. The molecule has 0 atom stereocenters. The third-order valence-corrected chi connectivity index (χ3v) is 7.10. The number of carbonyl (C=O) groups is 1. The van der Waals surface area contributed by atoms with Gasteiger partial charge in [0.05, 0.1) is 10.2 Å². The Bertz CT molecular complexity index is 1230. The first-order valence-corrected chi connectivity index (χ1v) is 12.5. The van der Waals surface area contributed by atoms with Gasteiger partial charge in [0.2, 0.25) is 0 Å². The quantitative estimate of drug-likeness (QED) is 0.272. The Morgan fingerprint density at radius 3 is 2.32 bits per heavy atom. The summed E-state index contributed by atoms with van der Waals surface area (Å²) in [6.07, 6.45) is 0. The highest BCUT2D eigenvalue weighted by molar-refractivity contribution is 7.22. The molecule has 0 N–H and O–H groups in total. The molecule has 0 aliphatic heterocycles. The molecule has 6 heteroatoms. The van der Waals surface area contributed by atoms with Crippen LogP contribution in [-0.4, -0.2) is 42.0 Å². The smallest absolute Gasteiger partial charge is 0.260 e. The van der Waals surface area contributed by atoms with E-state index >= 15 is 0 Å². The van der Waals surface area contributed by atoms with Crippen molar-refractivity contribution < 1.29 is 9.53 Å². The van der Waals surface area contributed by atoms with Crippen molar-refractivity contribution >= 4 is 32.6 Å². The molecule has 34 heavy (non-hydrogen) atoms. The number of ether oxygens (including phenoxy) is 1. The predicted octanol–water partition coefficient (Wildman–Crippen LogP) is 6.69. The Kier molecular flexibility index (Phi) is 7.60. The Labute approximate surface area is 205 Å². The van der Waals surface area contributed by atoms with E-state index in [-0.39, 0.29) is 5.91 Å². The zero-order valence-electron chi connectivity index (χ0n) is 20.2. The topological polar surface area (TPSA) is 45.7 Å². The van der Waals surface area contributed by atoms with Crippen LogP contribution in [0.15, 0.2) is 66.7 Å². The van der Waals surface area contributed by atoms with Crippen LogP contribution in [0.25, 0.3) is 10.2 Å². The van der Waals surface area contributed by atoms with E-state index in [2.05, 4.69) is 44.7 Å². The van der Waals surface area contributed by atoms with Crippen molar-refractivity contribution in [3.8, 4) is 11.5 Å². The molecule has 176 valence electrons. The summed E-state index contributed by atoms with van der Waals surface area (Å²) in [6, 6.07) is 21.2. The van der Waals surface area contributed by atoms with Crippen LogP contribution in [0, 0.1) is 13.8 Å². The van der Waals surface area contributed by atoms with E-state index in [4.69, 9.17) is 9.72 Å². The van der Waals surface area contributed by atoms with E-state index in [9.17, 15) is 4.79 Å². The summed E-state index contributed by atoms with van der Waals surface area (Å²) in [5.74, 6) is 1.30. The van der Waals surface area contributed by atoms with E-state index in [0.29, 0.717) is 17.9 Å². The Morgan fingerprint density at radius 2 is 1.59 bits per heavy atom. The van der Waals surface area contributed by atoms with Crippen molar-refractivity contribution in [3.63, 3.8) is 0 Å². The number of anilines is 1. The average molecular weight is 474 g/mol. The molecular formula is C28H31N3O2S. The normalized spacial score (nSPS) is 11.2. The van der Waals surface area contributed by atoms with Gasteiger partial charge in [-0.05, 0) is 80.5 Å². The Morgan fingerprint density at radius 1 is 0.882 bits per heavy atom. The number of para-hydroxylation sites is 1. The predicted molar refractivity (Wildman–Crippen MR) is 142 cm³/mol. The third-order valence-electron chi connectivity index (χ3n) is 6.06. The van der Waals surface area contributed by atoms with Crippen molar-refractivity contribution in [3.05, 3.63) is 83.4 Å². The number of hydrogen-bond donors (Lipinski definition) is 0. The molecule has 0 saturated carbocycles. The minimum atomic E-state index is -0.0711. The van der Waals surface area contributed by atoms with E-state index in [1.165, 1.54) is 11.1 Å². The van der Waals surface area contributed by atoms with Gasteiger partial charge in [-0.3, -0.25) is 9.69 Å². The van der Waals surface area contributed by atoms with Gasteiger partial charge in [0.25, 0.3) is 5.91 Å². The first-order valence-electron chi connectivity index (χ1n) is 11.7.